The number of nitrogens with zero attached hydrogens (tertiary/aromatic N) is 1. The Morgan fingerprint density at radius 2 is 1.74 bits per heavy atom. The van der Waals surface area contributed by atoms with Crippen LogP contribution >= 0.6 is 0 Å². The molecule has 10 nitrogen and oxygen atoms in total. The molecule has 2 unspecified atom stereocenters. The molecule has 0 aliphatic heterocycles. The van der Waals surface area contributed by atoms with E-state index in [1.807, 2.05) is 0 Å². The van der Waals surface area contributed by atoms with Gasteiger partial charge in [0.2, 0.25) is 6.29 Å². The molecular formula is C17H29N3O7. The molecule has 2 N–H and O–H groups in total. The predicted molar refractivity (Wildman–Crippen MR) is 97.1 cm³/mol. The number of alkyl carbamates (subject to hydrolysis) is 1. The van der Waals surface area contributed by atoms with Gasteiger partial charge in [-0.25, -0.2) is 9.59 Å². The lowest BCUT2D eigenvalue weighted by atomic mass is 10.1. The van der Waals surface area contributed by atoms with E-state index in [0.29, 0.717) is 6.67 Å². The number of ether oxygens (including phenoxy) is 3. The SMILES string of the molecule is CCOC(=O)C(CCC(=O)C=NCNC)NC(=O)OC(C)OC(=O)C(C)C. The first-order valence-electron chi connectivity index (χ1n) is 8.72. The molecule has 27 heavy (non-hydrogen) atoms. The molecule has 10 heteroatoms. The van der Waals surface area contributed by atoms with Gasteiger partial charge in [-0.1, -0.05) is 13.8 Å². The fourth-order valence-electron chi connectivity index (χ4n) is 1.73. The van der Waals surface area contributed by atoms with Gasteiger partial charge in [-0.3, -0.25) is 14.6 Å². The van der Waals surface area contributed by atoms with Crippen LogP contribution in [-0.4, -0.2) is 62.7 Å². The minimum absolute atomic E-state index is 0.0124. The molecule has 0 aromatic rings. The van der Waals surface area contributed by atoms with Gasteiger partial charge in [-0.2, -0.15) is 0 Å². The number of carbonyl (C=O) groups is 4. The highest BCUT2D eigenvalue weighted by Gasteiger charge is 2.25. The maximum absolute atomic E-state index is 12.0. The fraction of sp³-hybridized carbons (Fsp3) is 0.706. The van der Waals surface area contributed by atoms with Crippen LogP contribution < -0.4 is 10.6 Å². The molecule has 0 saturated heterocycles. The van der Waals surface area contributed by atoms with Gasteiger partial charge in [0.15, 0.2) is 5.78 Å². The molecule has 0 rings (SSSR count). The van der Waals surface area contributed by atoms with E-state index < -0.39 is 30.4 Å². The summed E-state index contributed by atoms with van der Waals surface area (Å²) in [5, 5.41) is 5.08. The molecule has 0 fully saturated rings. The van der Waals surface area contributed by atoms with Crippen LogP contribution in [0.3, 0.4) is 0 Å². The van der Waals surface area contributed by atoms with Gasteiger partial charge >= 0.3 is 18.0 Å². The molecule has 0 aromatic heterocycles. The topological polar surface area (TPSA) is 132 Å². The van der Waals surface area contributed by atoms with E-state index in [4.69, 9.17) is 14.2 Å². The third-order valence-electron chi connectivity index (χ3n) is 3.05. The van der Waals surface area contributed by atoms with Crippen molar-refractivity contribution in [2.75, 3.05) is 20.3 Å². The van der Waals surface area contributed by atoms with Crippen molar-refractivity contribution in [3.05, 3.63) is 0 Å². The van der Waals surface area contributed by atoms with Crippen molar-refractivity contribution in [1.82, 2.24) is 10.6 Å². The Kier molecular flexibility index (Phi) is 12.4. The van der Waals surface area contributed by atoms with Crippen molar-refractivity contribution in [3.8, 4) is 0 Å². The van der Waals surface area contributed by atoms with Gasteiger partial charge in [-0.15, -0.1) is 0 Å². The van der Waals surface area contributed by atoms with Crippen molar-refractivity contribution in [1.29, 1.82) is 0 Å². The minimum Gasteiger partial charge on any atom is -0.464 e. The lowest BCUT2D eigenvalue weighted by molar-refractivity contribution is -0.169. The van der Waals surface area contributed by atoms with Crippen molar-refractivity contribution < 1.29 is 33.4 Å². The van der Waals surface area contributed by atoms with Crippen molar-refractivity contribution in [3.63, 3.8) is 0 Å². The number of hydrogen-bond donors (Lipinski definition) is 2. The number of ketones is 1. The first-order chi connectivity index (χ1) is 12.7. The second-order valence-corrected chi connectivity index (χ2v) is 5.84. The van der Waals surface area contributed by atoms with Crippen LogP contribution in [0.4, 0.5) is 4.79 Å². The summed E-state index contributed by atoms with van der Waals surface area (Å²) in [4.78, 5) is 50.9. The smallest absolute Gasteiger partial charge is 0.410 e. The fourth-order valence-corrected chi connectivity index (χ4v) is 1.73. The van der Waals surface area contributed by atoms with E-state index >= 15 is 0 Å². The van der Waals surface area contributed by atoms with Crippen molar-refractivity contribution >= 4 is 30.0 Å². The molecule has 0 aromatic carbocycles. The van der Waals surface area contributed by atoms with Crippen LogP contribution in [0.25, 0.3) is 0 Å². The van der Waals surface area contributed by atoms with Crippen LogP contribution in [0.1, 0.15) is 40.5 Å². The second-order valence-electron chi connectivity index (χ2n) is 5.84. The Hall–Kier alpha value is -2.49. The van der Waals surface area contributed by atoms with Gasteiger partial charge in [0, 0.05) is 13.3 Å². The van der Waals surface area contributed by atoms with Gasteiger partial charge in [-0.05, 0) is 20.4 Å². The number of Topliss-reactive ketones (excluding diaryl/α,β-unsaturated/α-hetero) is 1. The number of nitrogens with one attached hydrogen (secondary N) is 2. The highest BCUT2D eigenvalue weighted by Crippen LogP contribution is 2.05. The summed E-state index contributed by atoms with van der Waals surface area (Å²) in [6.07, 6.45) is -0.941. The maximum Gasteiger partial charge on any atom is 0.410 e. The van der Waals surface area contributed by atoms with Crippen molar-refractivity contribution in [2.45, 2.75) is 52.9 Å². The van der Waals surface area contributed by atoms with Gasteiger partial charge in [0.1, 0.15) is 6.04 Å². The molecule has 0 spiro atoms. The lowest BCUT2D eigenvalue weighted by Gasteiger charge is -2.19. The molecule has 154 valence electrons. The number of carbonyl (C=O) groups excluding carboxylic acids is 4. The number of esters is 2. The van der Waals surface area contributed by atoms with Crippen LogP contribution in [0, 0.1) is 5.92 Å². The monoisotopic (exact) mass is 387 g/mol. The summed E-state index contributed by atoms with van der Waals surface area (Å²) in [6, 6.07) is -1.08. The summed E-state index contributed by atoms with van der Waals surface area (Å²) in [5.74, 6) is -1.89. The Morgan fingerprint density at radius 3 is 2.30 bits per heavy atom. The number of rotatable bonds is 12. The molecule has 0 bridgehead atoms. The van der Waals surface area contributed by atoms with Crippen LogP contribution in [-0.2, 0) is 28.6 Å². The summed E-state index contributed by atoms with van der Waals surface area (Å²) in [7, 11) is 1.69. The summed E-state index contributed by atoms with van der Waals surface area (Å²) in [5.41, 5.74) is 0. The quantitative estimate of drug-likeness (QED) is 0.285. The lowest BCUT2D eigenvalue weighted by Crippen LogP contribution is -2.43. The summed E-state index contributed by atoms with van der Waals surface area (Å²) >= 11 is 0. The Balaban J connectivity index is 4.67. The number of aliphatic imine (C=N–C) groups is 1. The molecule has 0 aliphatic carbocycles. The molecule has 0 saturated carbocycles. The molecule has 1 amide bonds. The zero-order valence-electron chi connectivity index (χ0n) is 16.4. The standard InChI is InChI=1S/C17H29N3O7/c1-6-25-16(23)14(8-7-13(21)9-19-10-18-5)20-17(24)27-12(4)26-15(22)11(2)3/h9,11-12,14,18H,6-8,10H2,1-5H3,(H,20,24). The molecule has 0 heterocycles. The third kappa shape index (κ3) is 11.7. The molecule has 2 atom stereocenters. The normalized spacial score (nSPS) is 13.1. The van der Waals surface area contributed by atoms with Crippen LogP contribution in [0.5, 0.6) is 0 Å². The summed E-state index contributed by atoms with van der Waals surface area (Å²) < 4.78 is 14.7. The number of amides is 1. The molecule has 0 aliphatic rings. The maximum atomic E-state index is 12.0. The highest BCUT2D eigenvalue weighted by molar-refractivity contribution is 6.27. The largest absolute Gasteiger partial charge is 0.464 e. The van der Waals surface area contributed by atoms with E-state index in [-0.39, 0.29) is 31.1 Å². The van der Waals surface area contributed by atoms with Gasteiger partial charge in [0.05, 0.1) is 25.4 Å². The predicted octanol–water partition coefficient (Wildman–Crippen LogP) is 0.787. The van der Waals surface area contributed by atoms with E-state index in [1.54, 1.807) is 27.8 Å². The van der Waals surface area contributed by atoms with Crippen LogP contribution in [0.15, 0.2) is 4.99 Å². The Morgan fingerprint density at radius 1 is 1.07 bits per heavy atom. The summed E-state index contributed by atoms with van der Waals surface area (Å²) in [6.45, 7) is 6.69. The third-order valence-corrected chi connectivity index (χ3v) is 3.05. The zero-order valence-corrected chi connectivity index (χ0v) is 16.4. The van der Waals surface area contributed by atoms with E-state index in [0.717, 1.165) is 6.21 Å². The zero-order chi connectivity index (χ0) is 20.8. The van der Waals surface area contributed by atoms with Crippen LogP contribution in [0.2, 0.25) is 0 Å². The Bertz CT molecular complexity index is 535. The van der Waals surface area contributed by atoms with E-state index in [2.05, 4.69) is 15.6 Å². The second kappa shape index (κ2) is 13.7. The average Bonchev–Trinajstić information content (AvgIpc) is 2.58. The highest BCUT2D eigenvalue weighted by atomic mass is 16.7. The minimum atomic E-state index is -1.13. The van der Waals surface area contributed by atoms with Crippen molar-refractivity contribution in [2.24, 2.45) is 10.9 Å². The van der Waals surface area contributed by atoms with Gasteiger partial charge in [0.25, 0.3) is 0 Å². The van der Waals surface area contributed by atoms with Gasteiger partial charge < -0.3 is 24.8 Å². The molecule has 0 radical (unpaired) electrons. The Labute approximate surface area is 159 Å². The first kappa shape index (κ1) is 24.5. The average molecular weight is 387 g/mol. The van der Waals surface area contributed by atoms with E-state index in [1.165, 1.54) is 6.92 Å². The first-order valence-corrected chi connectivity index (χ1v) is 8.72. The molecular weight excluding hydrogens is 358 g/mol. The number of hydrogen-bond acceptors (Lipinski definition) is 9. The van der Waals surface area contributed by atoms with E-state index in [9.17, 15) is 19.2 Å².